The van der Waals surface area contributed by atoms with E-state index in [1.54, 1.807) is 0 Å². The fourth-order valence-corrected chi connectivity index (χ4v) is 2.71. The Morgan fingerprint density at radius 1 is 1.15 bits per heavy atom. The van der Waals surface area contributed by atoms with Crippen molar-refractivity contribution in [3.8, 4) is 11.3 Å². The van der Waals surface area contributed by atoms with Gasteiger partial charge in [0.2, 0.25) is 0 Å². The molecule has 4 nitrogen and oxygen atoms in total. The van der Waals surface area contributed by atoms with Crippen LogP contribution in [0.2, 0.25) is 0 Å². The van der Waals surface area contributed by atoms with E-state index in [1.165, 1.54) is 25.5 Å². The summed E-state index contributed by atoms with van der Waals surface area (Å²) in [7, 11) is 0. The highest BCUT2D eigenvalue weighted by molar-refractivity contribution is 5.99. The minimum atomic E-state index is -0.0861. The topological polar surface area (TPSA) is 55.1 Å². The van der Waals surface area contributed by atoms with Crippen molar-refractivity contribution in [2.75, 3.05) is 0 Å². The third-order valence-electron chi connectivity index (χ3n) is 3.80. The standard InChI is InChI=1S/C16H18N2O2/c19-16(17-13-9-5-2-6-10-13)14-11-20-18-15(14)12-7-3-1-4-8-12/h1,3-4,7-8,11,13H,2,5-6,9-10H2,(H,17,19). The van der Waals surface area contributed by atoms with Crippen LogP contribution in [0.25, 0.3) is 11.3 Å². The summed E-state index contributed by atoms with van der Waals surface area (Å²) in [5.74, 6) is -0.0861. The fraction of sp³-hybridized carbons (Fsp3) is 0.375. The lowest BCUT2D eigenvalue weighted by molar-refractivity contribution is 0.0927. The molecule has 0 bridgehead atoms. The van der Waals surface area contributed by atoms with Gasteiger partial charge in [-0.05, 0) is 12.8 Å². The van der Waals surface area contributed by atoms with Crippen LogP contribution in [0.3, 0.4) is 0 Å². The Morgan fingerprint density at radius 2 is 1.90 bits per heavy atom. The molecule has 0 atom stereocenters. The molecule has 20 heavy (non-hydrogen) atoms. The van der Waals surface area contributed by atoms with Gasteiger partial charge in [-0.1, -0.05) is 54.8 Å². The first kappa shape index (κ1) is 12.9. The summed E-state index contributed by atoms with van der Waals surface area (Å²) in [4.78, 5) is 12.4. The second-order valence-corrected chi connectivity index (χ2v) is 5.25. The zero-order valence-electron chi connectivity index (χ0n) is 11.3. The van der Waals surface area contributed by atoms with Gasteiger partial charge in [0.15, 0.2) is 0 Å². The van der Waals surface area contributed by atoms with Gasteiger partial charge in [-0.15, -0.1) is 0 Å². The third kappa shape index (κ3) is 2.74. The SMILES string of the molecule is O=C(NC1CCCCC1)c1conc1-c1ccccc1. The zero-order chi connectivity index (χ0) is 13.8. The molecule has 1 heterocycles. The molecule has 0 aliphatic heterocycles. The number of carbonyl (C=O) groups excluding carboxylic acids is 1. The van der Waals surface area contributed by atoms with Crippen molar-refractivity contribution >= 4 is 5.91 Å². The van der Waals surface area contributed by atoms with Gasteiger partial charge in [0, 0.05) is 11.6 Å². The first-order valence-electron chi connectivity index (χ1n) is 7.15. The van der Waals surface area contributed by atoms with Crippen molar-refractivity contribution < 1.29 is 9.32 Å². The van der Waals surface area contributed by atoms with Crippen LogP contribution < -0.4 is 5.32 Å². The summed E-state index contributed by atoms with van der Waals surface area (Å²) in [5.41, 5.74) is 2.02. The average Bonchev–Trinajstić information content (AvgIpc) is 2.99. The molecule has 104 valence electrons. The number of rotatable bonds is 3. The normalized spacial score (nSPS) is 16.0. The molecule has 0 unspecified atom stereocenters. The van der Waals surface area contributed by atoms with Gasteiger partial charge in [0.1, 0.15) is 17.5 Å². The molecule has 1 amide bonds. The number of aromatic nitrogens is 1. The van der Waals surface area contributed by atoms with Crippen molar-refractivity contribution in [3.05, 3.63) is 42.2 Å². The summed E-state index contributed by atoms with van der Waals surface area (Å²) in [6.45, 7) is 0. The smallest absolute Gasteiger partial charge is 0.257 e. The molecule has 1 aliphatic rings. The van der Waals surface area contributed by atoms with Gasteiger partial charge in [-0.25, -0.2) is 0 Å². The van der Waals surface area contributed by atoms with E-state index in [1.807, 2.05) is 30.3 Å². The number of hydrogen-bond acceptors (Lipinski definition) is 3. The quantitative estimate of drug-likeness (QED) is 0.930. The average molecular weight is 270 g/mol. The van der Waals surface area contributed by atoms with E-state index in [0.717, 1.165) is 18.4 Å². The molecule has 1 saturated carbocycles. The molecule has 2 aromatic rings. The Labute approximate surface area is 118 Å². The molecular weight excluding hydrogens is 252 g/mol. The lowest BCUT2D eigenvalue weighted by Crippen LogP contribution is -2.36. The van der Waals surface area contributed by atoms with E-state index in [0.29, 0.717) is 11.3 Å². The molecule has 4 heteroatoms. The molecule has 1 N–H and O–H groups in total. The van der Waals surface area contributed by atoms with Crippen molar-refractivity contribution in [1.29, 1.82) is 0 Å². The van der Waals surface area contributed by atoms with Gasteiger partial charge in [-0.3, -0.25) is 4.79 Å². The van der Waals surface area contributed by atoms with Crippen LogP contribution in [0.5, 0.6) is 0 Å². The zero-order valence-corrected chi connectivity index (χ0v) is 11.3. The highest BCUT2D eigenvalue weighted by Crippen LogP contribution is 2.23. The minimum absolute atomic E-state index is 0.0861. The minimum Gasteiger partial charge on any atom is -0.363 e. The first-order chi connectivity index (χ1) is 9.84. The predicted molar refractivity (Wildman–Crippen MR) is 76.3 cm³/mol. The molecular formula is C16H18N2O2. The molecule has 0 radical (unpaired) electrons. The van der Waals surface area contributed by atoms with Crippen LogP contribution in [0.4, 0.5) is 0 Å². The van der Waals surface area contributed by atoms with E-state index >= 15 is 0 Å². The number of hydrogen-bond donors (Lipinski definition) is 1. The molecule has 1 aromatic carbocycles. The predicted octanol–water partition coefficient (Wildman–Crippen LogP) is 3.40. The monoisotopic (exact) mass is 270 g/mol. The maximum atomic E-state index is 12.4. The van der Waals surface area contributed by atoms with Gasteiger partial charge >= 0.3 is 0 Å². The molecule has 1 aliphatic carbocycles. The molecule has 0 saturated heterocycles. The first-order valence-corrected chi connectivity index (χ1v) is 7.15. The third-order valence-corrected chi connectivity index (χ3v) is 3.80. The van der Waals surface area contributed by atoms with Crippen LogP contribution in [0.1, 0.15) is 42.5 Å². The summed E-state index contributed by atoms with van der Waals surface area (Å²) < 4.78 is 5.00. The van der Waals surface area contributed by atoms with Crippen LogP contribution in [-0.2, 0) is 0 Å². The Bertz CT molecular complexity index is 571. The number of benzene rings is 1. The van der Waals surface area contributed by atoms with E-state index in [4.69, 9.17) is 4.52 Å². The van der Waals surface area contributed by atoms with Crippen LogP contribution >= 0.6 is 0 Å². The second-order valence-electron chi connectivity index (χ2n) is 5.25. The number of nitrogens with zero attached hydrogens (tertiary/aromatic N) is 1. The number of carbonyl (C=O) groups is 1. The van der Waals surface area contributed by atoms with E-state index in [9.17, 15) is 4.79 Å². The van der Waals surface area contributed by atoms with Gasteiger partial charge in [0.25, 0.3) is 5.91 Å². The highest BCUT2D eigenvalue weighted by Gasteiger charge is 2.21. The van der Waals surface area contributed by atoms with Gasteiger partial charge in [0.05, 0.1) is 0 Å². The summed E-state index contributed by atoms with van der Waals surface area (Å²) in [6.07, 6.45) is 7.23. The Balaban J connectivity index is 1.77. The highest BCUT2D eigenvalue weighted by atomic mass is 16.5. The van der Waals surface area contributed by atoms with Crippen molar-refractivity contribution in [1.82, 2.24) is 10.5 Å². The number of nitrogens with one attached hydrogen (secondary N) is 1. The van der Waals surface area contributed by atoms with Gasteiger partial charge in [-0.2, -0.15) is 0 Å². The summed E-state index contributed by atoms with van der Waals surface area (Å²) >= 11 is 0. The molecule has 1 aromatic heterocycles. The van der Waals surface area contributed by atoms with Crippen LogP contribution in [-0.4, -0.2) is 17.1 Å². The van der Waals surface area contributed by atoms with Crippen molar-refractivity contribution in [2.24, 2.45) is 0 Å². The maximum Gasteiger partial charge on any atom is 0.257 e. The van der Waals surface area contributed by atoms with E-state index in [2.05, 4.69) is 10.5 Å². The fourth-order valence-electron chi connectivity index (χ4n) is 2.71. The summed E-state index contributed by atoms with van der Waals surface area (Å²) in [5, 5.41) is 7.06. The second kappa shape index (κ2) is 5.90. The van der Waals surface area contributed by atoms with Crippen molar-refractivity contribution in [3.63, 3.8) is 0 Å². The van der Waals surface area contributed by atoms with Crippen molar-refractivity contribution in [2.45, 2.75) is 38.1 Å². The molecule has 3 rings (SSSR count). The molecule has 1 fully saturated rings. The lowest BCUT2D eigenvalue weighted by atomic mass is 9.95. The van der Waals surface area contributed by atoms with Crippen LogP contribution in [0.15, 0.2) is 41.1 Å². The largest absolute Gasteiger partial charge is 0.363 e. The molecule has 0 spiro atoms. The summed E-state index contributed by atoms with van der Waals surface area (Å²) in [6, 6.07) is 9.92. The van der Waals surface area contributed by atoms with Crippen LogP contribution in [0, 0.1) is 0 Å². The van der Waals surface area contributed by atoms with E-state index in [-0.39, 0.29) is 11.9 Å². The maximum absolute atomic E-state index is 12.4. The lowest BCUT2D eigenvalue weighted by Gasteiger charge is -2.22. The van der Waals surface area contributed by atoms with E-state index < -0.39 is 0 Å². The Kier molecular flexibility index (Phi) is 3.81. The Morgan fingerprint density at radius 3 is 2.65 bits per heavy atom. The Hall–Kier alpha value is -2.10. The number of amides is 1. The van der Waals surface area contributed by atoms with Gasteiger partial charge < -0.3 is 9.84 Å².